The van der Waals surface area contributed by atoms with Crippen LogP contribution in [0.1, 0.15) is 34.7 Å². The summed E-state index contributed by atoms with van der Waals surface area (Å²) in [6.07, 6.45) is 5.39. The van der Waals surface area contributed by atoms with Crippen LogP contribution in [0.15, 0.2) is 23.0 Å². The van der Waals surface area contributed by atoms with Gasteiger partial charge >= 0.3 is 0 Å². The van der Waals surface area contributed by atoms with Gasteiger partial charge < -0.3 is 9.84 Å². The predicted molar refractivity (Wildman–Crippen MR) is 80.2 cm³/mol. The van der Waals surface area contributed by atoms with Gasteiger partial charge in [-0.1, -0.05) is 5.16 Å². The lowest BCUT2D eigenvalue weighted by molar-refractivity contribution is 0.0899. The van der Waals surface area contributed by atoms with Gasteiger partial charge in [-0.2, -0.15) is 5.10 Å². The maximum absolute atomic E-state index is 12.2. The van der Waals surface area contributed by atoms with Crippen LogP contribution < -0.4 is 5.32 Å². The highest BCUT2D eigenvalue weighted by atomic mass is 16.5. The molecule has 1 unspecified atom stereocenters. The van der Waals surface area contributed by atoms with E-state index in [-0.39, 0.29) is 11.9 Å². The second-order valence-corrected chi connectivity index (χ2v) is 5.88. The molecular formula is C15H21N5O2. The van der Waals surface area contributed by atoms with Gasteiger partial charge in [0.2, 0.25) is 0 Å². The summed E-state index contributed by atoms with van der Waals surface area (Å²) >= 11 is 0. The number of likely N-dealkylation sites (tertiary alicyclic amines) is 1. The number of nitrogens with one attached hydrogen (secondary N) is 1. The van der Waals surface area contributed by atoms with Gasteiger partial charge in [0.1, 0.15) is 5.76 Å². The van der Waals surface area contributed by atoms with E-state index in [9.17, 15) is 4.79 Å². The lowest BCUT2D eigenvalue weighted by atomic mass is 10.1. The van der Waals surface area contributed by atoms with Gasteiger partial charge in [-0.25, -0.2) is 0 Å². The zero-order chi connectivity index (χ0) is 15.5. The van der Waals surface area contributed by atoms with Crippen molar-refractivity contribution in [2.45, 2.75) is 32.4 Å². The zero-order valence-corrected chi connectivity index (χ0v) is 13.0. The minimum Gasteiger partial charge on any atom is -0.361 e. The average molecular weight is 303 g/mol. The minimum atomic E-state index is -0.0581. The van der Waals surface area contributed by atoms with Crippen molar-refractivity contribution in [2.24, 2.45) is 7.05 Å². The lowest BCUT2D eigenvalue weighted by Crippen LogP contribution is -2.47. The standard InChI is InChI=1S/C15H21N5O2/c1-11-6-14(18-22-11)10-20-5-3-4-13(9-20)17-15(21)12-7-16-19(2)8-12/h6-8,13H,3-5,9-10H2,1-2H3,(H,17,21). The van der Waals surface area contributed by atoms with Crippen molar-refractivity contribution in [3.63, 3.8) is 0 Å². The van der Waals surface area contributed by atoms with Gasteiger partial charge in [0.05, 0.1) is 17.5 Å². The van der Waals surface area contributed by atoms with Crippen molar-refractivity contribution in [2.75, 3.05) is 13.1 Å². The van der Waals surface area contributed by atoms with Crippen LogP contribution in [-0.2, 0) is 13.6 Å². The Bertz CT molecular complexity index is 648. The van der Waals surface area contributed by atoms with E-state index in [2.05, 4.69) is 20.5 Å². The number of aryl methyl sites for hydroxylation is 2. The van der Waals surface area contributed by atoms with Crippen LogP contribution in [-0.4, -0.2) is 44.9 Å². The van der Waals surface area contributed by atoms with E-state index in [0.717, 1.165) is 43.9 Å². The molecule has 118 valence electrons. The van der Waals surface area contributed by atoms with E-state index in [0.29, 0.717) is 5.56 Å². The van der Waals surface area contributed by atoms with Crippen molar-refractivity contribution in [3.8, 4) is 0 Å². The molecule has 3 heterocycles. The molecule has 0 spiro atoms. The number of nitrogens with zero attached hydrogens (tertiary/aromatic N) is 4. The number of hydrogen-bond donors (Lipinski definition) is 1. The van der Waals surface area contributed by atoms with Gasteiger partial charge in [0, 0.05) is 38.4 Å². The Hall–Kier alpha value is -2.15. The van der Waals surface area contributed by atoms with Crippen LogP contribution in [0, 0.1) is 6.92 Å². The third-order valence-electron chi connectivity index (χ3n) is 3.87. The Morgan fingerprint density at radius 2 is 2.41 bits per heavy atom. The summed E-state index contributed by atoms with van der Waals surface area (Å²) in [6.45, 7) is 4.50. The quantitative estimate of drug-likeness (QED) is 0.915. The van der Waals surface area contributed by atoms with E-state index in [1.54, 1.807) is 24.1 Å². The molecule has 0 radical (unpaired) electrons. The normalized spacial score (nSPS) is 19.3. The van der Waals surface area contributed by atoms with Crippen LogP contribution in [0.25, 0.3) is 0 Å². The number of piperidine rings is 1. The number of hydrogen-bond acceptors (Lipinski definition) is 5. The van der Waals surface area contributed by atoms with E-state index in [4.69, 9.17) is 4.52 Å². The zero-order valence-electron chi connectivity index (χ0n) is 13.0. The van der Waals surface area contributed by atoms with Crippen LogP contribution in [0.4, 0.5) is 0 Å². The van der Waals surface area contributed by atoms with E-state index >= 15 is 0 Å². The van der Waals surface area contributed by atoms with Crippen molar-refractivity contribution in [1.82, 2.24) is 25.2 Å². The second kappa shape index (κ2) is 6.31. The fourth-order valence-electron chi connectivity index (χ4n) is 2.85. The maximum atomic E-state index is 12.2. The molecule has 1 aliphatic rings. The summed E-state index contributed by atoms with van der Waals surface area (Å²) in [5.41, 5.74) is 1.54. The molecule has 0 aromatic carbocycles. The Labute approximate surface area is 129 Å². The number of amides is 1. The highest BCUT2D eigenvalue weighted by molar-refractivity contribution is 5.93. The van der Waals surface area contributed by atoms with Gasteiger partial charge in [-0.3, -0.25) is 14.4 Å². The molecule has 2 aromatic rings. The smallest absolute Gasteiger partial charge is 0.254 e. The molecule has 22 heavy (non-hydrogen) atoms. The van der Waals surface area contributed by atoms with Crippen molar-refractivity contribution >= 4 is 5.91 Å². The molecule has 1 N–H and O–H groups in total. The highest BCUT2D eigenvalue weighted by Crippen LogP contribution is 2.14. The largest absolute Gasteiger partial charge is 0.361 e. The number of aromatic nitrogens is 3. The molecule has 0 saturated carbocycles. The lowest BCUT2D eigenvalue weighted by Gasteiger charge is -2.32. The van der Waals surface area contributed by atoms with Gasteiger partial charge in [-0.15, -0.1) is 0 Å². The Morgan fingerprint density at radius 3 is 3.09 bits per heavy atom. The van der Waals surface area contributed by atoms with Crippen molar-refractivity contribution < 1.29 is 9.32 Å². The summed E-state index contributed by atoms with van der Waals surface area (Å²) in [7, 11) is 1.80. The molecule has 1 amide bonds. The third kappa shape index (κ3) is 3.54. The molecule has 3 rings (SSSR count). The monoisotopic (exact) mass is 303 g/mol. The summed E-state index contributed by atoms with van der Waals surface area (Å²) < 4.78 is 6.74. The topological polar surface area (TPSA) is 76.2 Å². The van der Waals surface area contributed by atoms with E-state index < -0.39 is 0 Å². The van der Waals surface area contributed by atoms with Gasteiger partial charge in [-0.05, 0) is 26.3 Å². The fourth-order valence-corrected chi connectivity index (χ4v) is 2.85. The fraction of sp³-hybridized carbons (Fsp3) is 0.533. The van der Waals surface area contributed by atoms with E-state index in [1.807, 2.05) is 13.0 Å². The first-order valence-electron chi connectivity index (χ1n) is 7.54. The molecule has 7 nitrogen and oxygen atoms in total. The molecule has 7 heteroatoms. The van der Waals surface area contributed by atoms with Gasteiger partial charge in [0.25, 0.3) is 5.91 Å². The molecule has 2 aromatic heterocycles. The average Bonchev–Trinajstić information content (AvgIpc) is 3.08. The first-order valence-corrected chi connectivity index (χ1v) is 7.54. The Balaban J connectivity index is 1.55. The van der Waals surface area contributed by atoms with Crippen molar-refractivity contribution in [3.05, 3.63) is 35.5 Å². The molecule has 1 fully saturated rings. The number of carbonyl (C=O) groups excluding carboxylic acids is 1. The van der Waals surface area contributed by atoms with Crippen LogP contribution >= 0.6 is 0 Å². The second-order valence-electron chi connectivity index (χ2n) is 5.88. The third-order valence-corrected chi connectivity index (χ3v) is 3.87. The summed E-state index contributed by atoms with van der Waals surface area (Å²) in [4.78, 5) is 14.5. The molecular weight excluding hydrogens is 282 g/mol. The van der Waals surface area contributed by atoms with E-state index in [1.165, 1.54) is 0 Å². The summed E-state index contributed by atoms with van der Waals surface area (Å²) in [5.74, 6) is 0.769. The molecule has 1 aliphatic heterocycles. The molecule has 0 bridgehead atoms. The number of rotatable bonds is 4. The SMILES string of the molecule is Cc1cc(CN2CCCC(NC(=O)c3cnn(C)c3)C2)no1. The first-order chi connectivity index (χ1) is 10.6. The first kappa shape index (κ1) is 14.8. The summed E-state index contributed by atoms with van der Waals surface area (Å²) in [6, 6.07) is 2.12. The van der Waals surface area contributed by atoms with Crippen LogP contribution in [0.3, 0.4) is 0 Å². The van der Waals surface area contributed by atoms with Crippen LogP contribution in [0.5, 0.6) is 0 Å². The highest BCUT2D eigenvalue weighted by Gasteiger charge is 2.23. The van der Waals surface area contributed by atoms with Crippen molar-refractivity contribution in [1.29, 1.82) is 0 Å². The summed E-state index contributed by atoms with van der Waals surface area (Å²) in [5, 5.41) is 11.2. The molecule has 1 atom stereocenters. The minimum absolute atomic E-state index is 0.0581. The predicted octanol–water partition coefficient (Wildman–Crippen LogP) is 1.11. The van der Waals surface area contributed by atoms with Gasteiger partial charge in [0.15, 0.2) is 0 Å². The molecule has 0 aliphatic carbocycles. The maximum Gasteiger partial charge on any atom is 0.254 e. The van der Waals surface area contributed by atoms with Crippen LogP contribution in [0.2, 0.25) is 0 Å². The Kier molecular flexibility index (Phi) is 4.24. The molecule has 1 saturated heterocycles. The Morgan fingerprint density at radius 1 is 1.55 bits per heavy atom. The number of carbonyl (C=O) groups is 1.